The van der Waals surface area contributed by atoms with Crippen LogP contribution in [0.1, 0.15) is 16.1 Å². The van der Waals surface area contributed by atoms with E-state index >= 15 is 0 Å². The highest BCUT2D eigenvalue weighted by molar-refractivity contribution is 7.89. The Balaban J connectivity index is 1.76. The van der Waals surface area contributed by atoms with Gasteiger partial charge in [-0.05, 0) is 31.2 Å². The Hall–Kier alpha value is -3.17. The average molecular weight is 372 g/mol. The topological polar surface area (TPSA) is 127 Å². The molecule has 26 heavy (non-hydrogen) atoms. The van der Waals surface area contributed by atoms with E-state index in [2.05, 4.69) is 16.0 Å². The Morgan fingerprint density at radius 1 is 1.08 bits per heavy atom. The molecule has 0 atom stereocenters. The number of sulfonamides is 1. The monoisotopic (exact) mass is 372 g/mol. The molecule has 3 aromatic rings. The fourth-order valence-corrected chi connectivity index (χ4v) is 2.87. The zero-order valence-electron chi connectivity index (χ0n) is 13.8. The van der Waals surface area contributed by atoms with Crippen molar-refractivity contribution in [2.24, 2.45) is 5.14 Å². The molecule has 0 aliphatic rings. The maximum atomic E-state index is 12.5. The normalized spacial score (nSPS) is 11.2. The van der Waals surface area contributed by atoms with Crippen molar-refractivity contribution in [1.29, 1.82) is 0 Å². The summed E-state index contributed by atoms with van der Waals surface area (Å²) in [7, 11) is -3.76. The molecule has 1 heterocycles. The largest absolute Gasteiger partial charge is 0.360 e. The maximum absolute atomic E-state index is 12.5. The van der Waals surface area contributed by atoms with Crippen LogP contribution in [0.3, 0.4) is 0 Å². The summed E-state index contributed by atoms with van der Waals surface area (Å²) in [5, 5.41) is 9.00. The predicted octanol–water partition coefficient (Wildman–Crippen LogP) is 2.05. The fourth-order valence-electron chi connectivity index (χ4n) is 2.35. The van der Waals surface area contributed by atoms with Crippen LogP contribution >= 0.6 is 0 Å². The van der Waals surface area contributed by atoms with E-state index in [4.69, 9.17) is 9.66 Å². The van der Waals surface area contributed by atoms with Crippen molar-refractivity contribution in [2.75, 3.05) is 5.43 Å². The van der Waals surface area contributed by atoms with Gasteiger partial charge in [-0.2, -0.15) is 0 Å². The summed E-state index contributed by atoms with van der Waals surface area (Å²) in [6.45, 7) is 1.65. The first kappa shape index (κ1) is 17.6. The Morgan fingerprint density at radius 2 is 1.73 bits per heavy atom. The molecule has 8 nitrogen and oxygen atoms in total. The molecule has 1 aromatic heterocycles. The zero-order chi connectivity index (χ0) is 18.7. The first-order valence-electron chi connectivity index (χ1n) is 7.57. The molecule has 0 saturated carbocycles. The van der Waals surface area contributed by atoms with Crippen molar-refractivity contribution in [3.63, 3.8) is 0 Å². The number of benzene rings is 2. The Kier molecular flexibility index (Phi) is 4.74. The minimum Gasteiger partial charge on any atom is -0.360 e. The number of hydrazine groups is 1. The number of carbonyl (C=O) groups is 1. The van der Waals surface area contributed by atoms with Crippen LogP contribution in [0, 0.1) is 6.92 Å². The van der Waals surface area contributed by atoms with Gasteiger partial charge in [0.2, 0.25) is 10.0 Å². The number of anilines is 1. The number of carbonyl (C=O) groups excluding carboxylic acids is 1. The van der Waals surface area contributed by atoms with E-state index in [1.54, 1.807) is 6.92 Å². The number of rotatable bonds is 5. The number of primary sulfonamides is 1. The highest BCUT2D eigenvalue weighted by Crippen LogP contribution is 2.25. The Morgan fingerprint density at radius 3 is 2.35 bits per heavy atom. The van der Waals surface area contributed by atoms with Crippen molar-refractivity contribution in [3.8, 4) is 11.3 Å². The summed E-state index contributed by atoms with van der Waals surface area (Å²) >= 11 is 0. The van der Waals surface area contributed by atoms with Gasteiger partial charge in [0.15, 0.2) is 0 Å². The molecule has 0 unspecified atom stereocenters. The lowest BCUT2D eigenvalue weighted by Gasteiger charge is -2.09. The first-order chi connectivity index (χ1) is 12.4. The summed E-state index contributed by atoms with van der Waals surface area (Å²) in [5.74, 6) is -0.0501. The second-order valence-corrected chi connectivity index (χ2v) is 7.04. The van der Waals surface area contributed by atoms with Gasteiger partial charge in [0.25, 0.3) is 5.91 Å². The number of hydrogen-bond donors (Lipinski definition) is 3. The van der Waals surface area contributed by atoms with E-state index in [1.807, 2.05) is 30.3 Å². The number of nitrogens with zero attached hydrogens (tertiary/aromatic N) is 1. The van der Waals surface area contributed by atoms with Gasteiger partial charge in [0, 0.05) is 5.56 Å². The van der Waals surface area contributed by atoms with E-state index in [9.17, 15) is 13.2 Å². The average Bonchev–Trinajstić information content (AvgIpc) is 3.02. The lowest BCUT2D eigenvalue weighted by atomic mass is 10.1. The van der Waals surface area contributed by atoms with E-state index in [1.165, 1.54) is 24.3 Å². The van der Waals surface area contributed by atoms with Gasteiger partial charge in [-0.15, -0.1) is 0 Å². The SMILES string of the molecule is Cc1onc(-c2ccccc2)c1C(=O)NNc1ccc(S(N)(=O)=O)cc1. The molecule has 0 aliphatic carbocycles. The number of amides is 1. The van der Waals surface area contributed by atoms with Crippen LogP contribution in [0.5, 0.6) is 0 Å². The highest BCUT2D eigenvalue weighted by atomic mass is 32.2. The maximum Gasteiger partial charge on any atom is 0.275 e. The van der Waals surface area contributed by atoms with Gasteiger partial charge < -0.3 is 4.52 Å². The molecule has 2 aromatic carbocycles. The molecule has 0 fully saturated rings. The third-order valence-corrected chi connectivity index (χ3v) is 4.57. The molecule has 3 rings (SSSR count). The van der Waals surface area contributed by atoms with Crippen LogP contribution in [0.4, 0.5) is 5.69 Å². The molecule has 4 N–H and O–H groups in total. The molecular weight excluding hydrogens is 356 g/mol. The van der Waals surface area contributed by atoms with Gasteiger partial charge in [0.1, 0.15) is 17.0 Å². The standard InChI is InChI=1S/C17H16N4O4S/c1-11-15(16(21-25-11)12-5-3-2-4-6-12)17(22)20-19-13-7-9-14(10-8-13)26(18,23)24/h2-10,19H,1H3,(H,20,22)(H2,18,23,24). The lowest BCUT2D eigenvalue weighted by Crippen LogP contribution is -2.30. The summed E-state index contributed by atoms with van der Waals surface area (Å²) in [6.07, 6.45) is 0. The molecule has 1 amide bonds. The molecule has 0 spiro atoms. The number of nitrogens with two attached hydrogens (primary N) is 1. The van der Waals surface area contributed by atoms with E-state index < -0.39 is 15.9 Å². The minimum absolute atomic E-state index is 0.0179. The molecule has 0 bridgehead atoms. The smallest absolute Gasteiger partial charge is 0.275 e. The van der Waals surface area contributed by atoms with E-state index in [-0.39, 0.29) is 4.90 Å². The quantitative estimate of drug-likeness (QED) is 0.588. The van der Waals surface area contributed by atoms with Gasteiger partial charge in [-0.3, -0.25) is 15.6 Å². The number of aryl methyl sites for hydroxylation is 1. The van der Waals surface area contributed by atoms with Crippen molar-refractivity contribution in [3.05, 3.63) is 65.9 Å². The third-order valence-electron chi connectivity index (χ3n) is 3.64. The molecule has 9 heteroatoms. The van der Waals surface area contributed by atoms with Crippen LogP contribution in [0.25, 0.3) is 11.3 Å². The summed E-state index contributed by atoms with van der Waals surface area (Å²) in [6, 6.07) is 14.8. The Labute approximate surface area is 150 Å². The number of nitrogens with one attached hydrogen (secondary N) is 2. The highest BCUT2D eigenvalue weighted by Gasteiger charge is 2.21. The summed E-state index contributed by atoms with van der Waals surface area (Å²) in [5.41, 5.74) is 7.24. The lowest BCUT2D eigenvalue weighted by molar-refractivity contribution is 0.0961. The molecule has 134 valence electrons. The molecule has 0 aliphatic heterocycles. The second-order valence-electron chi connectivity index (χ2n) is 5.48. The first-order valence-corrected chi connectivity index (χ1v) is 9.12. The van der Waals surface area contributed by atoms with E-state index in [0.717, 1.165) is 5.56 Å². The minimum atomic E-state index is -3.76. The van der Waals surface area contributed by atoms with Crippen molar-refractivity contribution < 1.29 is 17.7 Å². The number of hydrogen-bond acceptors (Lipinski definition) is 6. The second kappa shape index (κ2) is 6.98. The van der Waals surface area contributed by atoms with Gasteiger partial charge in [0.05, 0.1) is 10.6 Å². The van der Waals surface area contributed by atoms with Crippen LogP contribution in [0.2, 0.25) is 0 Å². The Bertz CT molecular complexity index is 1030. The van der Waals surface area contributed by atoms with Gasteiger partial charge in [-0.1, -0.05) is 35.5 Å². The van der Waals surface area contributed by atoms with Gasteiger partial charge >= 0.3 is 0 Å². The van der Waals surface area contributed by atoms with Crippen LogP contribution < -0.4 is 16.0 Å². The van der Waals surface area contributed by atoms with Crippen LogP contribution in [0.15, 0.2) is 64.0 Å². The summed E-state index contributed by atoms with van der Waals surface area (Å²) < 4.78 is 27.6. The van der Waals surface area contributed by atoms with Crippen LogP contribution in [-0.4, -0.2) is 19.5 Å². The van der Waals surface area contributed by atoms with Crippen molar-refractivity contribution in [2.45, 2.75) is 11.8 Å². The van der Waals surface area contributed by atoms with Crippen LogP contribution in [-0.2, 0) is 10.0 Å². The molecule has 0 saturated heterocycles. The molecule has 0 radical (unpaired) electrons. The summed E-state index contributed by atoms with van der Waals surface area (Å²) in [4.78, 5) is 12.5. The predicted molar refractivity (Wildman–Crippen MR) is 95.6 cm³/mol. The third kappa shape index (κ3) is 3.73. The number of aromatic nitrogens is 1. The van der Waals surface area contributed by atoms with Gasteiger partial charge in [-0.25, -0.2) is 13.6 Å². The molecular formula is C17H16N4O4S. The fraction of sp³-hybridized carbons (Fsp3) is 0.0588. The van der Waals surface area contributed by atoms with Crippen molar-refractivity contribution in [1.82, 2.24) is 10.6 Å². The van der Waals surface area contributed by atoms with Crippen molar-refractivity contribution >= 4 is 21.6 Å². The zero-order valence-corrected chi connectivity index (χ0v) is 14.6. The van der Waals surface area contributed by atoms with E-state index in [0.29, 0.717) is 22.7 Å².